The van der Waals surface area contributed by atoms with Crippen molar-refractivity contribution in [3.05, 3.63) is 105 Å². The molecular formula is C23H17BrClNO3. The van der Waals surface area contributed by atoms with Gasteiger partial charge in [-0.15, -0.1) is 0 Å². The van der Waals surface area contributed by atoms with Crippen LogP contribution in [0.15, 0.2) is 77.3 Å². The second-order valence-corrected chi connectivity index (χ2v) is 8.25. The molecule has 1 heterocycles. The second kappa shape index (κ2) is 8.01. The summed E-state index contributed by atoms with van der Waals surface area (Å²) in [6, 6.07) is 21.0. The lowest BCUT2D eigenvalue weighted by Gasteiger charge is -2.41. The third-order valence-corrected chi connectivity index (χ3v) is 6.11. The molecule has 0 saturated carbocycles. The van der Waals surface area contributed by atoms with Gasteiger partial charge in [0.1, 0.15) is 5.92 Å². The van der Waals surface area contributed by atoms with Gasteiger partial charge in [-0.1, -0.05) is 76.1 Å². The Bertz CT molecular complexity index is 1080. The van der Waals surface area contributed by atoms with Crippen LogP contribution in [0.1, 0.15) is 39.0 Å². The van der Waals surface area contributed by atoms with E-state index in [0.29, 0.717) is 16.1 Å². The smallest absolute Gasteiger partial charge is 0.313 e. The van der Waals surface area contributed by atoms with E-state index in [-0.39, 0.29) is 12.5 Å². The Kier molecular flexibility index (Phi) is 5.43. The van der Waals surface area contributed by atoms with Gasteiger partial charge in [-0.25, -0.2) is 0 Å². The van der Waals surface area contributed by atoms with E-state index in [1.165, 1.54) is 0 Å². The van der Waals surface area contributed by atoms with Crippen molar-refractivity contribution in [1.82, 2.24) is 4.90 Å². The first-order chi connectivity index (χ1) is 14.0. The molecule has 0 aliphatic carbocycles. The molecule has 1 N–H and O–H groups in total. The summed E-state index contributed by atoms with van der Waals surface area (Å²) in [6.45, 7) is 0.220. The molecule has 3 aromatic rings. The molecule has 0 spiro atoms. The highest BCUT2D eigenvalue weighted by atomic mass is 79.9. The van der Waals surface area contributed by atoms with Crippen molar-refractivity contribution in [2.24, 2.45) is 0 Å². The molecule has 3 aromatic carbocycles. The first kappa shape index (κ1) is 19.7. The van der Waals surface area contributed by atoms with Gasteiger partial charge in [0.05, 0.1) is 6.04 Å². The zero-order chi connectivity index (χ0) is 20.5. The van der Waals surface area contributed by atoms with Gasteiger partial charge in [0.15, 0.2) is 0 Å². The highest BCUT2D eigenvalue weighted by Crippen LogP contribution is 2.44. The first-order valence-corrected chi connectivity index (χ1v) is 10.3. The fraction of sp³-hybridized carbons (Fsp3) is 0.130. The van der Waals surface area contributed by atoms with Crippen molar-refractivity contribution in [2.75, 3.05) is 0 Å². The Morgan fingerprint density at radius 3 is 2.34 bits per heavy atom. The number of hydrogen-bond acceptors (Lipinski definition) is 2. The molecule has 2 atom stereocenters. The molecule has 29 heavy (non-hydrogen) atoms. The largest absolute Gasteiger partial charge is 0.481 e. The number of hydrogen-bond donors (Lipinski definition) is 1. The van der Waals surface area contributed by atoms with E-state index in [1.807, 2.05) is 42.5 Å². The van der Waals surface area contributed by atoms with Crippen LogP contribution in [0.25, 0.3) is 0 Å². The third-order valence-electron chi connectivity index (χ3n) is 5.21. The maximum atomic E-state index is 13.4. The summed E-state index contributed by atoms with van der Waals surface area (Å²) in [6.07, 6.45) is 0. The van der Waals surface area contributed by atoms with E-state index in [2.05, 4.69) is 15.9 Å². The number of benzene rings is 3. The normalized spacial score (nSPS) is 18.4. The predicted octanol–water partition coefficient (Wildman–Crippen LogP) is 5.67. The number of carbonyl (C=O) groups excluding carboxylic acids is 1. The van der Waals surface area contributed by atoms with E-state index >= 15 is 0 Å². The number of carbonyl (C=O) groups is 2. The van der Waals surface area contributed by atoms with E-state index in [0.717, 1.165) is 15.6 Å². The molecule has 4 nitrogen and oxygen atoms in total. The fourth-order valence-electron chi connectivity index (χ4n) is 3.87. The van der Waals surface area contributed by atoms with Crippen LogP contribution < -0.4 is 0 Å². The topological polar surface area (TPSA) is 57.6 Å². The highest BCUT2D eigenvalue weighted by molar-refractivity contribution is 9.10. The summed E-state index contributed by atoms with van der Waals surface area (Å²) >= 11 is 9.76. The van der Waals surface area contributed by atoms with E-state index in [1.54, 1.807) is 35.2 Å². The minimum absolute atomic E-state index is 0.203. The number of halogens is 2. The summed E-state index contributed by atoms with van der Waals surface area (Å²) in [5, 5.41) is 10.7. The van der Waals surface area contributed by atoms with Gasteiger partial charge in [-0.2, -0.15) is 0 Å². The molecule has 0 radical (unpaired) electrons. The van der Waals surface area contributed by atoms with Crippen molar-refractivity contribution < 1.29 is 14.7 Å². The number of aliphatic carboxylic acids is 1. The Morgan fingerprint density at radius 2 is 1.66 bits per heavy atom. The molecule has 1 amide bonds. The lowest BCUT2D eigenvalue weighted by Crippen LogP contribution is -2.44. The standard InChI is InChI=1S/C23H17BrClNO3/c24-16-11-9-14(10-12-16)21-20(23(28)29)17-6-2-3-7-18(17)22(27)26(21)13-15-5-1-4-8-19(15)25/h1-12,20-21H,13H2,(H,28,29). The van der Waals surface area contributed by atoms with Gasteiger partial charge in [-0.05, 0) is 41.0 Å². The van der Waals surface area contributed by atoms with Crippen LogP contribution in [0.4, 0.5) is 0 Å². The number of amides is 1. The van der Waals surface area contributed by atoms with Crippen molar-refractivity contribution in [3.8, 4) is 0 Å². The molecule has 0 fully saturated rings. The van der Waals surface area contributed by atoms with Gasteiger partial charge in [-0.3, -0.25) is 9.59 Å². The van der Waals surface area contributed by atoms with E-state index < -0.39 is 17.9 Å². The van der Waals surface area contributed by atoms with Crippen molar-refractivity contribution in [3.63, 3.8) is 0 Å². The monoisotopic (exact) mass is 469 g/mol. The molecule has 4 rings (SSSR count). The van der Waals surface area contributed by atoms with E-state index in [9.17, 15) is 14.7 Å². The fourth-order valence-corrected chi connectivity index (χ4v) is 4.33. The van der Waals surface area contributed by atoms with Crippen molar-refractivity contribution in [2.45, 2.75) is 18.5 Å². The summed E-state index contributed by atoms with van der Waals surface area (Å²) in [7, 11) is 0. The van der Waals surface area contributed by atoms with Crippen LogP contribution in [0.2, 0.25) is 5.02 Å². The third kappa shape index (κ3) is 3.68. The number of fused-ring (bicyclic) bond motifs is 1. The Hall–Kier alpha value is -2.63. The lowest BCUT2D eigenvalue weighted by molar-refractivity contribution is -0.140. The summed E-state index contributed by atoms with van der Waals surface area (Å²) in [4.78, 5) is 27.4. The highest BCUT2D eigenvalue weighted by Gasteiger charge is 2.44. The van der Waals surface area contributed by atoms with Gasteiger partial charge >= 0.3 is 5.97 Å². The van der Waals surface area contributed by atoms with Crippen LogP contribution in [0.3, 0.4) is 0 Å². The summed E-state index contributed by atoms with van der Waals surface area (Å²) in [5.74, 6) is -2.06. The molecule has 0 bridgehead atoms. The first-order valence-electron chi connectivity index (χ1n) is 9.09. The van der Waals surface area contributed by atoms with Crippen molar-refractivity contribution >= 4 is 39.4 Å². The van der Waals surface area contributed by atoms with Crippen LogP contribution >= 0.6 is 27.5 Å². The van der Waals surface area contributed by atoms with Crippen molar-refractivity contribution in [1.29, 1.82) is 0 Å². The van der Waals surface area contributed by atoms with Crippen LogP contribution in [0, 0.1) is 0 Å². The Balaban J connectivity index is 1.89. The Morgan fingerprint density at radius 1 is 1.00 bits per heavy atom. The van der Waals surface area contributed by atoms with Gasteiger partial charge in [0.25, 0.3) is 5.91 Å². The average molecular weight is 471 g/mol. The Labute approximate surface area is 181 Å². The predicted molar refractivity (Wildman–Crippen MR) is 115 cm³/mol. The van der Waals surface area contributed by atoms with E-state index in [4.69, 9.17) is 11.6 Å². The summed E-state index contributed by atoms with van der Waals surface area (Å²) < 4.78 is 0.883. The number of rotatable bonds is 4. The second-order valence-electron chi connectivity index (χ2n) is 6.92. The lowest BCUT2D eigenvalue weighted by atomic mass is 9.79. The van der Waals surface area contributed by atoms with Gasteiger partial charge < -0.3 is 10.0 Å². The maximum Gasteiger partial charge on any atom is 0.313 e. The van der Waals surface area contributed by atoms with Gasteiger partial charge in [0.2, 0.25) is 0 Å². The molecule has 1 aliphatic heterocycles. The molecule has 1 aliphatic rings. The zero-order valence-corrected chi connectivity index (χ0v) is 17.6. The molecule has 0 saturated heterocycles. The molecule has 2 unspecified atom stereocenters. The number of carboxylic acid groups (broad SMARTS) is 1. The number of carboxylic acids is 1. The van der Waals surface area contributed by atoms with Crippen LogP contribution in [-0.4, -0.2) is 21.9 Å². The SMILES string of the molecule is O=C(O)C1c2ccccc2C(=O)N(Cc2ccccc2Cl)C1c1ccc(Br)cc1. The maximum absolute atomic E-state index is 13.4. The van der Waals surface area contributed by atoms with Gasteiger partial charge in [0, 0.05) is 21.6 Å². The zero-order valence-electron chi connectivity index (χ0n) is 15.3. The quantitative estimate of drug-likeness (QED) is 0.535. The molecule has 0 aromatic heterocycles. The minimum atomic E-state index is -0.970. The average Bonchev–Trinajstić information content (AvgIpc) is 2.72. The molecule has 146 valence electrons. The summed E-state index contributed by atoms with van der Waals surface area (Å²) in [5.41, 5.74) is 2.48. The number of nitrogens with zero attached hydrogens (tertiary/aromatic N) is 1. The minimum Gasteiger partial charge on any atom is -0.481 e. The van der Waals surface area contributed by atoms with Crippen LogP contribution in [0.5, 0.6) is 0 Å². The molecule has 6 heteroatoms. The van der Waals surface area contributed by atoms with Crippen LogP contribution in [-0.2, 0) is 11.3 Å². The molecular weight excluding hydrogens is 454 g/mol.